The van der Waals surface area contributed by atoms with Crippen LogP contribution in [0.15, 0.2) is 206 Å². The van der Waals surface area contributed by atoms with Crippen molar-refractivity contribution in [3.8, 4) is 45.1 Å². The Labute approximate surface area is 334 Å². The third kappa shape index (κ3) is 5.09. The Kier molecular flexibility index (Phi) is 7.20. The van der Waals surface area contributed by atoms with E-state index < -0.39 is 0 Å². The summed E-state index contributed by atoms with van der Waals surface area (Å²) in [6.07, 6.45) is 0. The molecule has 270 valence electrons. The van der Waals surface area contributed by atoms with E-state index in [9.17, 15) is 0 Å². The third-order valence-electron chi connectivity index (χ3n) is 11.7. The normalized spacial score (nSPS) is 11.8. The highest BCUT2D eigenvalue weighted by Gasteiger charge is 2.21. The molecule has 12 aromatic rings. The quantitative estimate of drug-likeness (QED) is 0.176. The minimum atomic E-state index is 0.655. The van der Waals surface area contributed by atoms with Gasteiger partial charge in [-0.05, 0) is 81.6 Å². The standard InChI is InChI=1S/C54H34N4/c1-2-13-35(14-3-1)37-25-27-38(28-26-37)40-17-12-18-42(32-40)57-49-23-10-7-19-43(49)46-34-52-47(33-51(46)57)44-20-8-11-24-50(44)58(52)54-55-48-22-9-6-21-45(48)53(56-54)41-30-29-36-15-4-5-16-39(36)31-41/h1-34H. The van der Waals surface area contributed by atoms with Crippen LogP contribution in [-0.4, -0.2) is 19.1 Å². The summed E-state index contributed by atoms with van der Waals surface area (Å²) in [6, 6.07) is 73.9. The Morgan fingerprint density at radius 3 is 1.60 bits per heavy atom. The summed E-state index contributed by atoms with van der Waals surface area (Å²) in [5.74, 6) is 0.655. The number of hydrogen-bond acceptors (Lipinski definition) is 2. The molecular weight excluding hydrogens is 705 g/mol. The molecule has 3 heterocycles. The van der Waals surface area contributed by atoms with Crippen LogP contribution in [0.1, 0.15) is 0 Å². The summed E-state index contributed by atoms with van der Waals surface area (Å²) in [6.45, 7) is 0. The van der Waals surface area contributed by atoms with Crippen LogP contribution < -0.4 is 0 Å². The minimum absolute atomic E-state index is 0.655. The maximum absolute atomic E-state index is 5.42. The fraction of sp³-hybridized carbons (Fsp3) is 0. The number of fused-ring (bicyclic) bond motifs is 8. The number of rotatable bonds is 5. The van der Waals surface area contributed by atoms with Gasteiger partial charge in [-0.1, -0.05) is 158 Å². The molecule has 0 spiro atoms. The molecular formula is C54H34N4. The maximum Gasteiger partial charge on any atom is 0.235 e. The van der Waals surface area contributed by atoms with E-state index in [-0.39, 0.29) is 0 Å². The summed E-state index contributed by atoms with van der Waals surface area (Å²) in [4.78, 5) is 10.7. The van der Waals surface area contributed by atoms with Crippen LogP contribution in [0, 0.1) is 0 Å². The van der Waals surface area contributed by atoms with E-state index in [1.54, 1.807) is 0 Å². The Bertz CT molecular complexity index is 3560. The van der Waals surface area contributed by atoms with Crippen molar-refractivity contribution >= 4 is 65.3 Å². The molecule has 0 saturated heterocycles. The van der Waals surface area contributed by atoms with Crippen LogP contribution in [0.3, 0.4) is 0 Å². The van der Waals surface area contributed by atoms with Crippen LogP contribution in [-0.2, 0) is 0 Å². The van der Waals surface area contributed by atoms with Crippen molar-refractivity contribution in [3.05, 3.63) is 206 Å². The Morgan fingerprint density at radius 2 is 0.845 bits per heavy atom. The molecule has 0 N–H and O–H groups in total. The molecule has 0 aliphatic heterocycles. The molecule has 0 radical (unpaired) electrons. The molecule has 4 nitrogen and oxygen atoms in total. The third-order valence-corrected chi connectivity index (χ3v) is 11.7. The molecule has 4 heteroatoms. The van der Waals surface area contributed by atoms with Crippen LogP contribution in [0.5, 0.6) is 0 Å². The number of hydrogen-bond donors (Lipinski definition) is 0. The largest absolute Gasteiger partial charge is 0.309 e. The lowest BCUT2D eigenvalue weighted by atomic mass is 10.00. The van der Waals surface area contributed by atoms with Crippen molar-refractivity contribution in [1.29, 1.82) is 0 Å². The highest BCUT2D eigenvalue weighted by atomic mass is 15.2. The van der Waals surface area contributed by atoms with Gasteiger partial charge >= 0.3 is 0 Å². The average Bonchev–Trinajstić information content (AvgIpc) is 3.80. The maximum atomic E-state index is 5.42. The molecule has 0 saturated carbocycles. The highest BCUT2D eigenvalue weighted by molar-refractivity contribution is 6.19. The van der Waals surface area contributed by atoms with Crippen LogP contribution in [0.2, 0.25) is 0 Å². The summed E-state index contributed by atoms with van der Waals surface area (Å²) in [7, 11) is 0. The fourth-order valence-electron chi connectivity index (χ4n) is 8.96. The molecule has 12 rings (SSSR count). The molecule has 58 heavy (non-hydrogen) atoms. The smallest absolute Gasteiger partial charge is 0.235 e. The van der Waals surface area contributed by atoms with Gasteiger partial charge in [-0.2, -0.15) is 0 Å². The van der Waals surface area contributed by atoms with E-state index in [1.165, 1.54) is 43.8 Å². The van der Waals surface area contributed by atoms with Gasteiger partial charge in [0.15, 0.2) is 0 Å². The van der Waals surface area contributed by atoms with E-state index in [2.05, 4.69) is 215 Å². The van der Waals surface area contributed by atoms with Crippen LogP contribution >= 0.6 is 0 Å². The van der Waals surface area contributed by atoms with E-state index in [1.807, 2.05) is 0 Å². The number of aromatic nitrogens is 4. The van der Waals surface area contributed by atoms with E-state index in [4.69, 9.17) is 9.97 Å². The second kappa shape index (κ2) is 12.9. The van der Waals surface area contributed by atoms with Gasteiger partial charge in [-0.15, -0.1) is 0 Å². The monoisotopic (exact) mass is 738 g/mol. The van der Waals surface area contributed by atoms with Gasteiger partial charge in [0, 0.05) is 38.2 Å². The van der Waals surface area contributed by atoms with Gasteiger partial charge in [-0.3, -0.25) is 4.57 Å². The summed E-state index contributed by atoms with van der Waals surface area (Å²) >= 11 is 0. The summed E-state index contributed by atoms with van der Waals surface area (Å²) in [5, 5.41) is 8.12. The SMILES string of the molecule is c1ccc(-c2ccc(-c3cccc(-n4c5ccccc5c5cc6c(cc54)c4ccccc4n6-c4nc(-c5ccc6ccccc6c5)c5ccccc5n4)c3)cc2)cc1. The topological polar surface area (TPSA) is 35.6 Å². The molecule has 0 unspecified atom stereocenters. The second-order valence-electron chi connectivity index (χ2n) is 15.0. The number of benzene rings is 9. The molecule has 0 bridgehead atoms. The Hall–Kier alpha value is -7.82. The molecule has 0 fully saturated rings. The van der Waals surface area contributed by atoms with Gasteiger partial charge in [-0.25, -0.2) is 9.97 Å². The van der Waals surface area contributed by atoms with Crippen molar-refractivity contribution in [2.75, 3.05) is 0 Å². The second-order valence-corrected chi connectivity index (χ2v) is 15.0. The zero-order chi connectivity index (χ0) is 38.2. The molecule has 9 aromatic carbocycles. The number of para-hydroxylation sites is 3. The molecule has 3 aromatic heterocycles. The Morgan fingerprint density at radius 1 is 0.293 bits per heavy atom. The molecule has 0 aliphatic rings. The van der Waals surface area contributed by atoms with Crippen LogP contribution in [0.4, 0.5) is 0 Å². The lowest BCUT2D eigenvalue weighted by Crippen LogP contribution is -2.03. The predicted molar refractivity (Wildman–Crippen MR) is 242 cm³/mol. The van der Waals surface area contributed by atoms with E-state index in [0.717, 1.165) is 60.7 Å². The van der Waals surface area contributed by atoms with Crippen molar-refractivity contribution < 1.29 is 0 Å². The van der Waals surface area contributed by atoms with Gasteiger partial charge in [0.25, 0.3) is 0 Å². The van der Waals surface area contributed by atoms with Gasteiger partial charge < -0.3 is 4.57 Å². The van der Waals surface area contributed by atoms with E-state index >= 15 is 0 Å². The number of nitrogens with zero attached hydrogens (tertiary/aromatic N) is 4. The average molecular weight is 739 g/mol. The lowest BCUT2D eigenvalue weighted by Gasteiger charge is -2.12. The first-order valence-electron chi connectivity index (χ1n) is 19.7. The molecule has 0 aliphatic carbocycles. The van der Waals surface area contributed by atoms with Gasteiger partial charge in [0.2, 0.25) is 5.95 Å². The zero-order valence-corrected chi connectivity index (χ0v) is 31.4. The van der Waals surface area contributed by atoms with Crippen molar-refractivity contribution in [2.45, 2.75) is 0 Å². The predicted octanol–water partition coefficient (Wildman–Crippen LogP) is 14.0. The minimum Gasteiger partial charge on any atom is -0.309 e. The van der Waals surface area contributed by atoms with Crippen LogP contribution in [0.25, 0.3) is 110 Å². The fourth-order valence-corrected chi connectivity index (χ4v) is 8.96. The summed E-state index contributed by atoms with van der Waals surface area (Å²) < 4.78 is 4.68. The first kappa shape index (κ1) is 32.4. The van der Waals surface area contributed by atoms with Crippen molar-refractivity contribution in [1.82, 2.24) is 19.1 Å². The summed E-state index contributed by atoms with van der Waals surface area (Å²) in [5.41, 5.74) is 13.3. The van der Waals surface area contributed by atoms with Crippen molar-refractivity contribution in [3.63, 3.8) is 0 Å². The van der Waals surface area contributed by atoms with Gasteiger partial charge in [0.1, 0.15) is 0 Å². The first-order chi connectivity index (χ1) is 28.7. The first-order valence-corrected chi connectivity index (χ1v) is 19.7. The van der Waals surface area contributed by atoms with Crippen molar-refractivity contribution in [2.24, 2.45) is 0 Å². The Balaban J connectivity index is 1.07. The molecule has 0 amide bonds. The molecule has 0 atom stereocenters. The van der Waals surface area contributed by atoms with E-state index in [0.29, 0.717) is 5.95 Å². The lowest BCUT2D eigenvalue weighted by molar-refractivity contribution is 1.01. The highest BCUT2D eigenvalue weighted by Crippen LogP contribution is 2.40. The van der Waals surface area contributed by atoms with Gasteiger partial charge in [0.05, 0.1) is 33.3 Å². The zero-order valence-electron chi connectivity index (χ0n) is 31.4.